The second-order valence-corrected chi connectivity index (χ2v) is 38.2. The van der Waals surface area contributed by atoms with E-state index in [1.54, 1.807) is 82.1 Å². The average Bonchev–Trinajstić information content (AvgIpc) is 1.66. The Hall–Kier alpha value is -10.9. The number of aromatic nitrogens is 13. The minimum absolute atomic E-state index is 0.00206. The minimum atomic E-state index is -3.65. The van der Waals surface area contributed by atoms with Crippen molar-refractivity contribution in [3.05, 3.63) is 127 Å². The number of nitrogens with one attached hydrogen (secondary N) is 1. The van der Waals surface area contributed by atoms with E-state index in [0.29, 0.717) is 175 Å². The Labute approximate surface area is 780 Å². The quantitative estimate of drug-likeness (QED) is 0.0102. The van der Waals surface area contributed by atoms with E-state index in [9.17, 15) is 52.5 Å². The van der Waals surface area contributed by atoms with Gasteiger partial charge in [0.05, 0.1) is 99.3 Å². The van der Waals surface area contributed by atoms with Crippen LogP contribution in [0.1, 0.15) is 157 Å². The van der Waals surface area contributed by atoms with Crippen molar-refractivity contribution in [2.24, 2.45) is 35.5 Å². The normalized spacial score (nSPS) is 26.7. The molecule has 5 aliphatic rings. The van der Waals surface area contributed by atoms with Crippen LogP contribution in [-0.2, 0) is 91.5 Å². The lowest BCUT2D eigenvalue weighted by atomic mass is 9.77. The zero-order valence-corrected chi connectivity index (χ0v) is 78.8. The summed E-state index contributed by atoms with van der Waals surface area (Å²) >= 11 is 0. The maximum atomic E-state index is 14.9. The average molecular weight is 1870 g/mol. The van der Waals surface area contributed by atoms with E-state index in [4.69, 9.17) is 64.1 Å². The number of hydrogen-bond acceptors (Lipinski definition) is 32. The fourth-order valence-corrected chi connectivity index (χ4v) is 19.9. The minimum Gasteiger partial charge on any atom is -0.460 e. The standard InChI is InChI=1S/C95H129N19O19S/c1-59-18-11-10-12-19-60(2)79(126-8)52-72-26-23-65(7)95(123,133-72)88(120)91(121)112-32-15-13-22-75(112)92(122)131-80(53-77(115)61(3)47-64(6)86(118)87(119)85(117)63(5)46-59)62(4)48-66-24-27-74(81(49-66)127-9)114-76(56-103-107-114)68-21-17-20-67(50-68)70-54-99-94(100-55-70)109-34-36-111(37-35-109)134(124,125)45-30-71-57-110(108-105-71)38-40-129-42-44-130-43-41-128-39-29-82(116)98-31-14-16-33-113-90-83(89(96)101-58-102-90)84(106-113)69-25-28-78-73(51-69)104-93(97)132-78/h10-12,17-21,25,28,47,50-51,54-59,61-63,65-66,72,74-75,79-81,86-87,118-119,123H,13-16,22-24,26-27,29-46,48-49,52-53H2,1-9H3,(H2,97,104)(H,98,116)(H2,96,101,102)/b12-10-,18-11-,60-19-,64-47-/t59-,61-,62+,63-,65+,66+,72-,74+,75+,79-,80+,81-,86+,87+,95+/m1/s1. The molecule has 1 saturated carbocycles. The van der Waals surface area contributed by atoms with Crippen molar-refractivity contribution < 1.29 is 90.1 Å². The van der Waals surface area contributed by atoms with Crippen LogP contribution in [0, 0.1) is 35.5 Å². The summed E-state index contributed by atoms with van der Waals surface area (Å²) < 4.78 is 81.5. The third-order valence-electron chi connectivity index (χ3n) is 26.4. The summed E-state index contributed by atoms with van der Waals surface area (Å²) in [6.45, 7) is 16.9. The number of allylic oxidation sites excluding steroid dienone is 6. The molecule has 6 aromatic heterocycles. The number of esters is 1. The number of piperazine rings is 1. The number of amides is 2. The summed E-state index contributed by atoms with van der Waals surface area (Å²) in [5.74, 6) is -8.71. The molecule has 38 nitrogen and oxygen atoms in total. The number of ketones is 3. The lowest BCUT2D eigenvalue weighted by molar-refractivity contribution is -0.265. The number of rotatable bonds is 31. The Bertz CT molecular complexity index is 5570. The number of aryl methyl sites for hydroxylation is 2. The molecule has 134 heavy (non-hydrogen) atoms. The van der Waals surface area contributed by atoms with Gasteiger partial charge < -0.3 is 79.5 Å². The maximum Gasteiger partial charge on any atom is 0.329 e. The highest BCUT2D eigenvalue weighted by molar-refractivity contribution is 7.89. The summed E-state index contributed by atoms with van der Waals surface area (Å²) in [5.41, 5.74) is 20.0. The van der Waals surface area contributed by atoms with Crippen molar-refractivity contribution in [3.8, 4) is 33.6 Å². The molecule has 3 saturated heterocycles. The van der Waals surface area contributed by atoms with E-state index >= 15 is 0 Å². The van der Waals surface area contributed by atoms with Gasteiger partial charge >= 0.3 is 5.97 Å². The number of unbranched alkanes of at least 4 members (excludes halogenated alkanes) is 1. The number of carbonyl (C=O) groups excluding carboxylic acids is 6. The van der Waals surface area contributed by atoms with Crippen LogP contribution in [0.2, 0.25) is 0 Å². The molecule has 10 heterocycles. The van der Waals surface area contributed by atoms with Crippen molar-refractivity contribution in [2.45, 2.75) is 219 Å². The number of hydrogen-bond donors (Lipinski definition) is 6. The predicted octanol–water partition coefficient (Wildman–Crippen LogP) is 8.56. The number of nitrogens with zero attached hydrogens (tertiary/aromatic N) is 16. The summed E-state index contributed by atoms with van der Waals surface area (Å²) in [5, 5.41) is 60.8. The summed E-state index contributed by atoms with van der Waals surface area (Å²) in [7, 11) is -0.431. The number of fused-ring (bicyclic) bond motifs is 5. The SMILES string of the molecule is CO[C@@H]1C[C@H]2CC[C@H](C)[C@](O)(O2)C(=O)C(=O)N2CCCC[C@H]2C(=O)O[C@H]([C@@H](C)C[C@@H]2CC[C@H](n3nncc3-c3cccc(-c4cnc(N5CCN(S(=O)(=O)CCc6cn(CCOCCOCCOCCC(=O)NCCCCn7nc(-c8ccc9oc(N)nc9c8)c8c(N)ncnc87)nn6)CC5)nc4)c3)[C@H](OC)C2)CC(=O)[C@H](C)/C=C(/C)[C@H](O)[C@@H](O)C(=O)[C@H](C)C[C@H](C)\C=C/C=C\C=C/1C. The van der Waals surface area contributed by atoms with Gasteiger partial charge in [-0.1, -0.05) is 99.7 Å². The third kappa shape index (κ3) is 25.6. The van der Waals surface area contributed by atoms with Gasteiger partial charge in [-0.25, -0.2) is 47.2 Å². The molecule has 39 heteroatoms. The molecule has 724 valence electrons. The molecule has 4 aliphatic heterocycles. The van der Waals surface area contributed by atoms with Crippen LogP contribution >= 0.6 is 0 Å². The van der Waals surface area contributed by atoms with Gasteiger partial charge in [-0.05, 0) is 150 Å². The van der Waals surface area contributed by atoms with Crippen LogP contribution in [0.25, 0.3) is 55.8 Å². The first kappa shape index (κ1) is 101. The van der Waals surface area contributed by atoms with Gasteiger partial charge in [0.1, 0.15) is 53.5 Å². The fourth-order valence-electron chi connectivity index (χ4n) is 18.5. The van der Waals surface area contributed by atoms with E-state index in [1.165, 1.54) is 21.6 Å². The van der Waals surface area contributed by atoms with Gasteiger partial charge in [0.2, 0.25) is 27.7 Å². The summed E-state index contributed by atoms with van der Waals surface area (Å²) in [6.07, 6.45) is 19.9. The monoisotopic (exact) mass is 1870 g/mol. The first-order valence-electron chi connectivity index (χ1n) is 46.7. The van der Waals surface area contributed by atoms with Crippen molar-refractivity contribution >= 4 is 85.1 Å². The number of nitrogens with two attached hydrogens (primary N) is 2. The zero-order chi connectivity index (χ0) is 95.3. The molecule has 2 amide bonds. The van der Waals surface area contributed by atoms with Crippen LogP contribution in [0.4, 0.5) is 17.8 Å². The zero-order valence-electron chi connectivity index (χ0n) is 78.0. The van der Waals surface area contributed by atoms with Crippen LogP contribution in [0.5, 0.6) is 0 Å². The highest BCUT2D eigenvalue weighted by atomic mass is 32.2. The number of benzene rings is 2. The van der Waals surface area contributed by atoms with Crippen molar-refractivity contribution in [2.75, 3.05) is 115 Å². The number of methoxy groups -OCH3 is 2. The van der Waals surface area contributed by atoms with Crippen LogP contribution in [-0.4, -0.2) is 280 Å². The fraction of sp³-hybridized carbons (Fsp3) is 0.579. The molecule has 0 radical (unpaired) electrons. The molecule has 15 atom stereocenters. The van der Waals surface area contributed by atoms with E-state index in [0.717, 1.165) is 39.9 Å². The van der Waals surface area contributed by atoms with Crippen LogP contribution in [0.15, 0.2) is 126 Å². The number of piperidine rings is 1. The van der Waals surface area contributed by atoms with Gasteiger partial charge in [-0.2, -0.15) is 14.4 Å². The van der Waals surface area contributed by atoms with Gasteiger partial charge in [-0.15, -0.1) is 10.2 Å². The Balaban J connectivity index is 0.541. The summed E-state index contributed by atoms with van der Waals surface area (Å²) in [4.78, 5) is 111. The molecule has 1 aliphatic carbocycles. The van der Waals surface area contributed by atoms with Gasteiger partial charge in [-0.3, -0.25) is 24.0 Å². The Morgan fingerprint density at radius 2 is 1.52 bits per heavy atom. The number of nitrogen functional groups attached to an aromatic ring is 2. The molecule has 0 unspecified atom stereocenters. The Kier molecular flexibility index (Phi) is 35.3. The van der Waals surface area contributed by atoms with E-state index < -0.39 is 99.5 Å². The van der Waals surface area contributed by atoms with Crippen molar-refractivity contribution in [1.29, 1.82) is 0 Å². The Morgan fingerprint density at radius 3 is 2.29 bits per heavy atom. The predicted molar refractivity (Wildman–Crippen MR) is 498 cm³/mol. The molecule has 8 aromatic rings. The van der Waals surface area contributed by atoms with Gasteiger partial charge in [0.25, 0.3) is 17.7 Å². The molecule has 2 aromatic carbocycles. The molecular weight excluding hydrogens is 1740 g/mol. The number of aliphatic hydroxyl groups is 3. The smallest absolute Gasteiger partial charge is 0.329 e. The maximum absolute atomic E-state index is 14.9. The van der Waals surface area contributed by atoms with E-state index in [2.05, 4.69) is 40.9 Å². The number of aliphatic hydroxyl groups excluding tert-OH is 2. The molecule has 0 spiro atoms. The number of Topliss-reactive ketones (excluding diaryl/α,β-unsaturated/α-hetero) is 3. The number of anilines is 3. The molecule has 4 fully saturated rings. The number of oxazole rings is 1. The van der Waals surface area contributed by atoms with Gasteiger partial charge in [0.15, 0.2) is 17.0 Å². The summed E-state index contributed by atoms with van der Waals surface area (Å²) in [6, 6.07) is 12.0. The highest BCUT2D eigenvalue weighted by Gasteiger charge is 2.53. The second kappa shape index (κ2) is 47.1. The lowest BCUT2D eigenvalue weighted by Crippen LogP contribution is -2.61. The largest absolute Gasteiger partial charge is 0.460 e. The second-order valence-electron chi connectivity index (χ2n) is 36.1. The Morgan fingerprint density at radius 1 is 0.761 bits per heavy atom. The van der Waals surface area contributed by atoms with Crippen molar-refractivity contribution in [3.63, 3.8) is 0 Å². The van der Waals surface area contributed by atoms with Gasteiger partial charge in [0, 0.05) is 139 Å². The lowest BCUT2D eigenvalue weighted by Gasteiger charge is -2.42. The number of sulfonamides is 1. The highest BCUT2D eigenvalue weighted by Crippen LogP contribution is 2.43. The number of cyclic esters (lactones) is 1. The molecule has 8 N–H and O–H groups in total. The van der Waals surface area contributed by atoms with Crippen LogP contribution < -0.4 is 21.7 Å². The first-order valence-corrected chi connectivity index (χ1v) is 48.3. The van der Waals surface area contributed by atoms with E-state index in [-0.39, 0.29) is 111 Å². The molecular formula is C95H129N19O19S. The number of ether oxygens (including phenoxy) is 7. The topological polar surface area (TPSA) is 492 Å². The molecule has 2 bridgehead atoms. The third-order valence-corrected chi connectivity index (χ3v) is 28.3. The van der Waals surface area contributed by atoms with Crippen LogP contribution in [0.3, 0.4) is 0 Å². The molecule has 13 rings (SSSR count). The first-order chi connectivity index (χ1) is 64.5. The van der Waals surface area contributed by atoms with E-state index in [1.807, 2.05) is 97.1 Å². The number of carbonyl (C=O) groups is 6. The van der Waals surface area contributed by atoms with Crippen molar-refractivity contribution in [1.82, 2.24) is 79.2 Å².